The van der Waals surface area contributed by atoms with Gasteiger partial charge in [-0.15, -0.1) is 0 Å². The topological polar surface area (TPSA) is 60.2 Å². The van der Waals surface area contributed by atoms with Crippen LogP contribution in [0.5, 0.6) is 0 Å². The Morgan fingerprint density at radius 2 is 2.33 bits per heavy atom. The Bertz CT molecular complexity index is 350. The third kappa shape index (κ3) is 4.38. The molecule has 1 N–H and O–H groups in total. The van der Waals surface area contributed by atoms with Crippen LogP contribution in [0.25, 0.3) is 0 Å². The maximum Gasteiger partial charge on any atom is 0.228 e. The normalized spacial score (nSPS) is 17.0. The maximum atomic E-state index is 5.29. The Labute approximate surface area is 108 Å². The Kier molecular flexibility index (Phi) is 5.13. The molecule has 1 aliphatic carbocycles. The highest BCUT2D eigenvalue weighted by Crippen LogP contribution is 2.31. The summed E-state index contributed by atoms with van der Waals surface area (Å²) in [5.41, 5.74) is 0. The summed E-state index contributed by atoms with van der Waals surface area (Å²) in [5, 5.41) is 7.46. The molecule has 1 saturated carbocycles. The van der Waals surface area contributed by atoms with Gasteiger partial charge in [0.25, 0.3) is 0 Å². The van der Waals surface area contributed by atoms with Crippen LogP contribution in [0, 0.1) is 5.92 Å². The van der Waals surface area contributed by atoms with Gasteiger partial charge in [-0.25, -0.2) is 0 Å². The first kappa shape index (κ1) is 13.5. The zero-order valence-electron chi connectivity index (χ0n) is 11.3. The summed E-state index contributed by atoms with van der Waals surface area (Å²) in [6, 6.07) is 0.254. The molecule has 0 aromatic carbocycles. The van der Waals surface area contributed by atoms with Gasteiger partial charge in [0.05, 0.1) is 6.61 Å². The lowest BCUT2D eigenvalue weighted by Crippen LogP contribution is -2.35. The largest absolute Gasteiger partial charge is 0.383 e. The van der Waals surface area contributed by atoms with E-state index in [4.69, 9.17) is 9.26 Å². The smallest absolute Gasteiger partial charge is 0.228 e. The van der Waals surface area contributed by atoms with Crippen molar-refractivity contribution in [3.63, 3.8) is 0 Å². The van der Waals surface area contributed by atoms with Gasteiger partial charge in [0.1, 0.15) is 0 Å². The van der Waals surface area contributed by atoms with Gasteiger partial charge in [0.2, 0.25) is 5.89 Å². The van der Waals surface area contributed by atoms with Gasteiger partial charge in [-0.1, -0.05) is 12.1 Å². The molecule has 1 fully saturated rings. The van der Waals surface area contributed by atoms with E-state index in [2.05, 4.69) is 22.4 Å². The van der Waals surface area contributed by atoms with E-state index in [1.807, 2.05) is 0 Å². The second kappa shape index (κ2) is 6.85. The van der Waals surface area contributed by atoms with Crippen molar-refractivity contribution in [2.75, 3.05) is 20.3 Å². The number of hydrogen-bond acceptors (Lipinski definition) is 5. The monoisotopic (exact) mass is 253 g/mol. The summed E-state index contributed by atoms with van der Waals surface area (Å²) in [7, 11) is 1.72. The van der Waals surface area contributed by atoms with E-state index in [1.165, 1.54) is 12.8 Å². The summed E-state index contributed by atoms with van der Waals surface area (Å²) in [4.78, 5) is 4.45. The Balaban J connectivity index is 1.82. The minimum Gasteiger partial charge on any atom is -0.383 e. The highest BCUT2D eigenvalue weighted by atomic mass is 16.5. The molecule has 0 radical (unpaired) electrons. The van der Waals surface area contributed by atoms with Crippen molar-refractivity contribution in [1.82, 2.24) is 15.5 Å². The SMILES string of the molecule is CCCNC(COC)Cc1nc(CC2CC2)no1. The first-order valence-electron chi connectivity index (χ1n) is 6.85. The van der Waals surface area contributed by atoms with Crippen LogP contribution < -0.4 is 5.32 Å². The number of methoxy groups -OCH3 is 1. The molecule has 1 aromatic heterocycles. The first-order chi connectivity index (χ1) is 8.81. The molecule has 1 unspecified atom stereocenters. The molecule has 1 aliphatic rings. The van der Waals surface area contributed by atoms with Gasteiger partial charge < -0.3 is 14.6 Å². The number of aromatic nitrogens is 2. The van der Waals surface area contributed by atoms with Crippen LogP contribution in [0.1, 0.15) is 37.9 Å². The van der Waals surface area contributed by atoms with Gasteiger partial charge in [-0.2, -0.15) is 4.98 Å². The van der Waals surface area contributed by atoms with E-state index in [-0.39, 0.29) is 6.04 Å². The van der Waals surface area contributed by atoms with Crippen LogP contribution in [-0.2, 0) is 17.6 Å². The minimum atomic E-state index is 0.254. The van der Waals surface area contributed by atoms with Crippen molar-refractivity contribution < 1.29 is 9.26 Å². The lowest BCUT2D eigenvalue weighted by Gasteiger charge is -2.15. The van der Waals surface area contributed by atoms with Crippen LogP contribution in [-0.4, -0.2) is 36.4 Å². The van der Waals surface area contributed by atoms with Crippen LogP contribution >= 0.6 is 0 Å². The molecule has 1 heterocycles. The third-order valence-corrected chi connectivity index (χ3v) is 3.15. The standard InChI is InChI=1S/C13H23N3O2/c1-3-6-14-11(9-17-2)8-13-15-12(16-18-13)7-10-4-5-10/h10-11,14H,3-9H2,1-2H3. The zero-order valence-corrected chi connectivity index (χ0v) is 11.3. The molecule has 0 saturated heterocycles. The molecule has 0 aliphatic heterocycles. The fourth-order valence-corrected chi connectivity index (χ4v) is 1.99. The second-order valence-electron chi connectivity index (χ2n) is 5.06. The number of hydrogen-bond donors (Lipinski definition) is 1. The molecule has 0 amide bonds. The minimum absolute atomic E-state index is 0.254. The summed E-state index contributed by atoms with van der Waals surface area (Å²) in [6.07, 6.45) is 5.45. The van der Waals surface area contributed by atoms with Gasteiger partial charge in [0.15, 0.2) is 5.82 Å². The fourth-order valence-electron chi connectivity index (χ4n) is 1.99. The number of nitrogens with zero attached hydrogens (tertiary/aromatic N) is 2. The summed E-state index contributed by atoms with van der Waals surface area (Å²) in [5.74, 6) is 2.37. The molecule has 102 valence electrons. The van der Waals surface area contributed by atoms with E-state index < -0.39 is 0 Å². The summed E-state index contributed by atoms with van der Waals surface area (Å²) in [6.45, 7) is 3.80. The number of rotatable bonds is 9. The van der Waals surface area contributed by atoms with E-state index in [0.717, 1.165) is 43.4 Å². The molecule has 0 spiro atoms. The van der Waals surface area contributed by atoms with E-state index in [9.17, 15) is 0 Å². The van der Waals surface area contributed by atoms with Crippen LogP contribution in [0.2, 0.25) is 0 Å². The van der Waals surface area contributed by atoms with E-state index in [0.29, 0.717) is 6.61 Å². The van der Waals surface area contributed by atoms with Crippen LogP contribution in [0.3, 0.4) is 0 Å². The predicted octanol–water partition coefficient (Wildman–Crippen LogP) is 1.58. The maximum absolute atomic E-state index is 5.29. The average molecular weight is 253 g/mol. The Hall–Kier alpha value is -0.940. The van der Waals surface area contributed by atoms with E-state index >= 15 is 0 Å². The quantitative estimate of drug-likeness (QED) is 0.724. The molecular formula is C13H23N3O2. The van der Waals surface area contributed by atoms with Crippen molar-refractivity contribution in [2.24, 2.45) is 5.92 Å². The fraction of sp³-hybridized carbons (Fsp3) is 0.846. The average Bonchev–Trinajstić information content (AvgIpc) is 3.06. The predicted molar refractivity (Wildman–Crippen MR) is 68.4 cm³/mol. The van der Waals surface area contributed by atoms with Crippen molar-refractivity contribution in [2.45, 2.75) is 45.1 Å². The zero-order chi connectivity index (χ0) is 12.8. The van der Waals surface area contributed by atoms with Gasteiger partial charge >= 0.3 is 0 Å². The molecular weight excluding hydrogens is 230 g/mol. The molecule has 0 bridgehead atoms. The molecule has 1 atom stereocenters. The lowest BCUT2D eigenvalue weighted by atomic mass is 10.2. The van der Waals surface area contributed by atoms with E-state index in [1.54, 1.807) is 7.11 Å². The van der Waals surface area contributed by atoms with Gasteiger partial charge in [-0.3, -0.25) is 0 Å². The van der Waals surface area contributed by atoms with Crippen molar-refractivity contribution in [3.8, 4) is 0 Å². The number of nitrogens with one attached hydrogen (secondary N) is 1. The van der Waals surface area contributed by atoms with Crippen LogP contribution in [0.15, 0.2) is 4.52 Å². The highest BCUT2D eigenvalue weighted by molar-refractivity contribution is 4.93. The molecule has 18 heavy (non-hydrogen) atoms. The summed E-state index contributed by atoms with van der Waals surface area (Å²) >= 11 is 0. The Morgan fingerprint density at radius 3 is 3.00 bits per heavy atom. The van der Waals surface area contributed by atoms with Crippen molar-refractivity contribution >= 4 is 0 Å². The van der Waals surface area contributed by atoms with Crippen molar-refractivity contribution in [3.05, 3.63) is 11.7 Å². The Morgan fingerprint density at radius 1 is 1.50 bits per heavy atom. The molecule has 2 rings (SSSR count). The molecule has 5 nitrogen and oxygen atoms in total. The molecule has 5 heteroatoms. The van der Waals surface area contributed by atoms with Crippen LogP contribution in [0.4, 0.5) is 0 Å². The molecule has 1 aromatic rings. The highest BCUT2D eigenvalue weighted by Gasteiger charge is 2.24. The van der Waals surface area contributed by atoms with Gasteiger partial charge in [-0.05, 0) is 31.7 Å². The lowest BCUT2D eigenvalue weighted by molar-refractivity contribution is 0.161. The third-order valence-electron chi connectivity index (χ3n) is 3.15. The van der Waals surface area contributed by atoms with Crippen molar-refractivity contribution in [1.29, 1.82) is 0 Å². The van der Waals surface area contributed by atoms with Gasteiger partial charge in [0, 0.05) is 26.0 Å². The number of ether oxygens (including phenoxy) is 1. The summed E-state index contributed by atoms with van der Waals surface area (Å²) < 4.78 is 10.5. The first-order valence-corrected chi connectivity index (χ1v) is 6.85. The second-order valence-corrected chi connectivity index (χ2v) is 5.06.